The van der Waals surface area contributed by atoms with Gasteiger partial charge < -0.3 is 11.5 Å². The number of pyridine rings is 1. The fourth-order valence-electron chi connectivity index (χ4n) is 1.08. The summed E-state index contributed by atoms with van der Waals surface area (Å²) in [5.74, 6) is 0.361. The Morgan fingerprint density at radius 2 is 2.00 bits per heavy atom. The number of hydrogen-bond donors (Lipinski definition) is 2. The lowest BCUT2D eigenvalue weighted by atomic mass is 10.0. The monoisotopic (exact) mass is 165 g/mol. The fourth-order valence-corrected chi connectivity index (χ4v) is 1.08. The summed E-state index contributed by atoms with van der Waals surface area (Å²) in [6.45, 7) is 1.26. The van der Waals surface area contributed by atoms with Crippen LogP contribution in [0.5, 0.6) is 0 Å². The van der Waals surface area contributed by atoms with Crippen molar-refractivity contribution >= 4 is 0 Å². The summed E-state index contributed by atoms with van der Waals surface area (Å²) in [6, 6.07) is 5.88. The summed E-state index contributed by atoms with van der Waals surface area (Å²) >= 11 is 0. The molecule has 1 aromatic heterocycles. The maximum absolute atomic E-state index is 5.52. The summed E-state index contributed by atoms with van der Waals surface area (Å²) in [6.07, 6.45) is 2.67. The van der Waals surface area contributed by atoms with Gasteiger partial charge in [0.2, 0.25) is 0 Å². The number of nitrogens with two attached hydrogens (primary N) is 2. The van der Waals surface area contributed by atoms with Gasteiger partial charge in [0.15, 0.2) is 0 Å². The number of hydrogen-bond acceptors (Lipinski definition) is 3. The van der Waals surface area contributed by atoms with Crippen molar-refractivity contribution in [1.82, 2.24) is 4.98 Å². The van der Waals surface area contributed by atoms with Crippen molar-refractivity contribution in [3.05, 3.63) is 30.1 Å². The number of rotatable bonds is 4. The molecule has 0 bridgehead atoms. The molecule has 0 aromatic carbocycles. The van der Waals surface area contributed by atoms with Crippen LogP contribution in [0.25, 0.3) is 0 Å². The highest BCUT2D eigenvalue weighted by atomic mass is 14.7. The van der Waals surface area contributed by atoms with Gasteiger partial charge in [0.05, 0.1) is 0 Å². The van der Waals surface area contributed by atoms with Crippen LogP contribution in [0.2, 0.25) is 0 Å². The van der Waals surface area contributed by atoms with Crippen molar-refractivity contribution in [3.8, 4) is 0 Å². The molecule has 0 unspecified atom stereocenters. The normalized spacial score (nSPS) is 10.6. The van der Waals surface area contributed by atoms with Crippen LogP contribution in [-0.4, -0.2) is 18.1 Å². The van der Waals surface area contributed by atoms with Gasteiger partial charge in [-0.2, -0.15) is 0 Å². The first-order chi connectivity index (χ1) is 5.86. The predicted molar refractivity (Wildman–Crippen MR) is 49.5 cm³/mol. The van der Waals surface area contributed by atoms with E-state index in [2.05, 4.69) is 4.98 Å². The minimum atomic E-state index is 0.361. The zero-order valence-electron chi connectivity index (χ0n) is 7.11. The summed E-state index contributed by atoms with van der Waals surface area (Å²) in [4.78, 5) is 4.20. The van der Waals surface area contributed by atoms with Gasteiger partial charge in [-0.25, -0.2) is 0 Å². The van der Waals surface area contributed by atoms with Crippen LogP contribution in [-0.2, 0) is 6.42 Å². The first-order valence-electron chi connectivity index (χ1n) is 4.17. The second-order valence-corrected chi connectivity index (χ2v) is 2.86. The quantitative estimate of drug-likeness (QED) is 0.668. The highest BCUT2D eigenvalue weighted by Crippen LogP contribution is 2.02. The summed E-state index contributed by atoms with van der Waals surface area (Å²) < 4.78 is 0. The number of nitrogens with zero attached hydrogens (tertiary/aromatic N) is 1. The molecule has 1 aromatic rings. The van der Waals surface area contributed by atoms with Gasteiger partial charge in [-0.05, 0) is 37.6 Å². The molecular weight excluding hydrogens is 150 g/mol. The van der Waals surface area contributed by atoms with Crippen molar-refractivity contribution in [2.24, 2.45) is 17.4 Å². The molecule has 0 saturated carbocycles. The molecule has 0 amide bonds. The predicted octanol–water partition coefficient (Wildman–Crippen LogP) is 0.158. The molecule has 0 saturated heterocycles. The minimum absolute atomic E-state index is 0.361. The molecule has 0 aliphatic rings. The van der Waals surface area contributed by atoms with Crippen molar-refractivity contribution in [2.75, 3.05) is 13.1 Å². The molecule has 0 spiro atoms. The lowest BCUT2D eigenvalue weighted by Crippen LogP contribution is -2.25. The first kappa shape index (κ1) is 9.16. The van der Waals surface area contributed by atoms with Crippen LogP contribution in [0.4, 0.5) is 0 Å². The Morgan fingerprint density at radius 3 is 2.50 bits per heavy atom. The molecule has 12 heavy (non-hydrogen) atoms. The van der Waals surface area contributed by atoms with E-state index in [1.165, 1.54) is 0 Å². The highest BCUT2D eigenvalue weighted by molar-refractivity contribution is 5.04. The summed E-state index contributed by atoms with van der Waals surface area (Å²) in [5, 5.41) is 0. The molecule has 4 N–H and O–H groups in total. The van der Waals surface area contributed by atoms with Gasteiger partial charge in [0, 0.05) is 11.9 Å². The molecule has 1 heterocycles. The Balaban J connectivity index is 2.51. The van der Waals surface area contributed by atoms with Gasteiger partial charge in [-0.15, -0.1) is 0 Å². The molecular formula is C9H15N3. The molecule has 0 atom stereocenters. The molecule has 0 aliphatic heterocycles. The largest absolute Gasteiger partial charge is 0.330 e. The maximum atomic E-state index is 5.52. The Hall–Kier alpha value is -0.930. The molecule has 0 radical (unpaired) electrons. The molecule has 3 heteroatoms. The van der Waals surface area contributed by atoms with Gasteiger partial charge in [-0.1, -0.05) is 6.07 Å². The van der Waals surface area contributed by atoms with Gasteiger partial charge in [0.1, 0.15) is 0 Å². The van der Waals surface area contributed by atoms with Crippen molar-refractivity contribution in [2.45, 2.75) is 6.42 Å². The summed E-state index contributed by atoms with van der Waals surface area (Å²) in [5.41, 5.74) is 12.1. The Bertz CT molecular complexity index is 206. The first-order valence-corrected chi connectivity index (χ1v) is 4.17. The van der Waals surface area contributed by atoms with E-state index in [9.17, 15) is 0 Å². The zero-order chi connectivity index (χ0) is 8.81. The van der Waals surface area contributed by atoms with Crippen molar-refractivity contribution < 1.29 is 0 Å². The minimum Gasteiger partial charge on any atom is -0.330 e. The second-order valence-electron chi connectivity index (χ2n) is 2.86. The summed E-state index contributed by atoms with van der Waals surface area (Å²) in [7, 11) is 0. The van der Waals surface area contributed by atoms with Crippen LogP contribution in [0.3, 0.4) is 0 Å². The third kappa shape index (κ3) is 2.60. The lowest BCUT2D eigenvalue weighted by Gasteiger charge is -2.10. The van der Waals surface area contributed by atoms with E-state index < -0.39 is 0 Å². The average molecular weight is 165 g/mol. The molecule has 0 aliphatic carbocycles. The zero-order valence-corrected chi connectivity index (χ0v) is 7.11. The van der Waals surface area contributed by atoms with Crippen LogP contribution in [0.1, 0.15) is 5.69 Å². The van der Waals surface area contributed by atoms with E-state index in [1.54, 1.807) is 6.20 Å². The molecule has 0 fully saturated rings. The van der Waals surface area contributed by atoms with E-state index >= 15 is 0 Å². The second kappa shape index (κ2) is 4.85. The van der Waals surface area contributed by atoms with Crippen molar-refractivity contribution in [3.63, 3.8) is 0 Å². The van der Waals surface area contributed by atoms with Crippen LogP contribution in [0.15, 0.2) is 24.4 Å². The lowest BCUT2D eigenvalue weighted by molar-refractivity contribution is 0.541. The Labute approximate surface area is 72.8 Å². The van der Waals surface area contributed by atoms with Crippen molar-refractivity contribution in [1.29, 1.82) is 0 Å². The Morgan fingerprint density at radius 1 is 1.25 bits per heavy atom. The SMILES string of the molecule is NCC(CN)Cc1ccccn1. The van der Waals surface area contributed by atoms with Crippen LogP contribution >= 0.6 is 0 Å². The number of aromatic nitrogens is 1. The standard InChI is InChI=1S/C9H15N3/c10-6-8(7-11)5-9-3-1-2-4-12-9/h1-4,8H,5-7,10-11H2. The van der Waals surface area contributed by atoms with E-state index in [4.69, 9.17) is 11.5 Å². The van der Waals surface area contributed by atoms with Crippen LogP contribution < -0.4 is 11.5 Å². The maximum Gasteiger partial charge on any atom is 0.0407 e. The van der Waals surface area contributed by atoms with Crippen LogP contribution in [0, 0.1) is 5.92 Å². The van der Waals surface area contributed by atoms with E-state index in [0.29, 0.717) is 19.0 Å². The van der Waals surface area contributed by atoms with Gasteiger partial charge >= 0.3 is 0 Å². The third-order valence-corrected chi connectivity index (χ3v) is 1.89. The van der Waals surface area contributed by atoms with E-state index in [0.717, 1.165) is 12.1 Å². The highest BCUT2D eigenvalue weighted by Gasteiger charge is 2.04. The van der Waals surface area contributed by atoms with Gasteiger partial charge in [0.25, 0.3) is 0 Å². The molecule has 66 valence electrons. The third-order valence-electron chi connectivity index (χ3n) is 1.89. The molecule has 1 rings (SSSR count). The van der Waals surface area contributed by atoms with Gasteiger partial charge in [-0.3, -0.25) is 4.98 Å². The smallest absolute Gasteiger partial charge is 0.0407 e. The Kier molecular flexibility index (Phi) is 3.70. The molecule has 3 nitrogen and oxygen atoms in total. The fraction of sp³-hybridized carbons (Fsp3) is 0.444. The topological polar surface area (TPSA) is 64.9 Å². The van der Waals surface area contributed by atoms with E-state index in [-0.39, 0.29) is 0 Å². The average Bonchev–Trinajstić information content (AvgIpc) is 2.16. The van der Waals surface area contributed by atoms with E-state index in [1.807, 2.05) is 18.2 Å².